The molecule has 0 radical (unpaired) electrons. The summed E-state index contributed by atoms with van der Waals surface area (Å²) >= 11 is 0. The molecule has 0 aliphatic carbocycles. The van der Waals surface area contributed by atoms with E-state index < -0.39 is 10.1 Å². The maximum absolute atomic E-state index is 12.0. The van der Waals surface area contributed by atoms with Gasteiger partial charge in [0.15, 0.2) is 0 Å². The molecule has 0 aliphatic rings. The fourth-order valence-corrected chi connectivity index (χ4v) is 4.10. The van der Waals surface area contributed by atoms with Gasteiger partial charge in [-0.25, -0.2) is 0 Å². The molecule has 29 heavy (non-hydrogen) atoms. The second kappa shape index (κ2) is 13.8. The van der Waals surface area contributed by atoms with Crippen molar-refractivity contribution in [3.05, 3.63) is 48.0 Å². The summed E-state index contributed by atoms with van der Waals surface area (Å²) in [6, 6.07) is 10.8. The van der Waals surface area contributed by atoms with Gasteiger partial charge in [0.2, 0.25) is 0 Å². The van der Waals surface area contributed by atoms with Gasteiger partial charge < -0.3 is 9.84 Å². The third-order valence-electron chi connectivity index (χ3n) is 4.69. The predicted molar refractivity (Wildman–Crippen MR) is 109 cm³/mol. The van der Waals surface area contributed by atoms with E-state index in [4.69, 9.17) is 4.74 Å². The molecule has 5 nitrogen and oxygen atoms in total. The van der Waals surface area contributed by atoms with E-state index in [1.165, 1.54) is 50.3 Å². The molecule has 154 valence electrons. The van der Waals surface area contributed by atoms with Crippen LogP contribution in [0.3, 0.4) is 0 Å². The van der Waals surface area contributed by atoms with Crippen LogP contribution in [-0.2, 0) is 16.5 Å². The Morgan fingerprint density at radius 3 is 2.07 bits per heavy atom. The van der Waals surface area contributed by atoms with Crippen LogP contribution < -0.4 is 61.2 Å². The third-order valence-corrected chi connectivity index (χ3v) is 5.67. The number of rotatable bonds is 12. The summed E-state index contributed by atoms with van der Waals surface area (Å²) in [5.74, 6) is -0.350. The Morgan fingerprint density at radius 1 is 0.862 bits per heavy atom. The quantitative estimate of drug-likeness (QED) is 0.309. The van der Waals surface area contributed by atoms with Crippen LogP contribution in [0.15, 0.2) is 47.4 Å². The summed E-state index contributed by atoms with van der Waals surface area (Å²) in [7, 11) is -4.48. The van der Waals surface area contributed by atoms with Crippen molar-refractivity contribution >= 4 is 10.1 Å². The van der Waals surface area contributed by atoms with Crippen LogP contribution in [0.5, 0.6) is 17.2 Å². The van der Waals surface area contributed by atoms with Crippen molar-refractivity contribution in [2.24, 2.45) is 0 Å². The van der Waals surface area contributed by atoms with Gasteiger partial charge in [0, 0.05) is 0 Å². The van der Waals surface area contributed by atoms with Gasteiger partial charge in [0.25, 0.3) is 10.1 Å². The van der Waals surface area contributed by atoms with Gasteiger partial charge in [-0.15, -0.1) is 0 Å². The first-order valence-electron chi connectivity index (χ1n) is 9.96. The maximum Gasteiger partial charge on any atom is 1.00 e. The summed E-state index contributed by atoms with van der Waals surface area (Å²) in [5, 5.41) is 11.9. The van der Waals surface area contributed by atoms with Crippen LogP contribution in [0.1, 0.15) is 63.9 Å². The van der Waals surface area contributed by atoms with Crippen LogP contribution in [0.4, 0.5) is 0 Å². The summed E-state index contributed by atoms with van der Waals surface area (Å²) in [5.41, 5.74) is 0.509. The SMILES string of the molecule is CCCCCCCCCCc1cccc(Oc2ccccc2[O-])c1S(=O)(=O)O.[K+]. The number of hydrogen-bond donors (Lipinski definition) is 1. The van der Waals surface area contributed by atoms with Crippen LogP contribution in [0.25, 0.3) is 0 Å². The Balaban J connectivity index is 0.00000420. The van der Waals surface area contributed by atoms with E-state index in [1.54, 1.807) is 24.3 Å². The minimum absolute atomic E-state index is 0. The fourth-order valence-electron chi connectivity index (χ4n) is 3.23. The van der Waals surface area contributed by atoms with E-state index in [0.717, 1.165) is 19.3 Å². The molecule has 0 aliphatic heterocycles. The fraction of sp³-hybridized carbons (Fsp3) is 0.455. The summed E-state index contributed by atoms with van der Waals surface area (Å²) in [4.78, 5) is -0.249. The number of aryl methyl sites for hydroxylation is 1. The van der Waals surface area contributed by atoms with E-state index in [1.807, 2.05) is 0 Å². The molecule has 0 atom stereocenters. The molecule has 2 aromatic carbocycles. The van der Waals surface area contributed by atoms with Gasteiger partial charge in [-0.3, -0.25) is 4.55 Å². The Bertz CT molecular complexity index is 852. The van der Waals surface area contributed by atoms with E-state index in [2.05, 4.69) is 6.92 Å². The first kappa shape index (κ1) is 26.6. The Hall–Kier alpha value is -0.414. The van der Waals surface area contributed by atoms with E-state index >= 15 is 0 Å². The number of benzene rings is 2. The number of para-hydroxylation sites is 2. The van der Waals surface area contributed by atoms with Gasteiger partial charge in [-0.05, 0) is 30.5 Å². The van der Waals surface area contributed by atoms with E-state index in [0.29, 0.717) is 12.0 Å². The monoisotopic (exact) mass is 444 g/mol. The summed E-state index contributed by atoms with van der Waals surface area (Å²) in [6.07, 6.45) is 9.68. The summed E-state index contributed by atoms with van der Waals surface area (Å²) < 4.78 is 39.2. The van der Waals surface area contributed by atoms with Crippen LogP contribution in [0.2, 0.25) is 0 Å². The maximum atomic E-state index is 12.0. The normalized spacial score (nSPS) is 11.1. The molecule has 0 fully saturated rings. The van der Waals surface area contributed by atoms with Gasteiger partial charge in [0.05, 0.1) is 0 Å². The van der Waals surface area contributed by atoms with Crippen molar-refractivity contribution in [1.29, 1.82) is 0 Å². The van der Waals surface area contributed by atoms with Crippen molar-refractivity contribution in [1.82, 2.24) is 0 Å². The zero-order valence-electron chi connectivity index (χ0n) is 17.4. The largest absolute Gasteiger partial charge is 1.00 e. The van der Waals surface area contributed by atoms with Crippen molar-refractivity contribution in [2.45, 2.75) is 69.6 Å². The van der Waals surface area contributed by atoms with Crippen molar-refractivity contribution in [3.63, 3.8) is 0 Å². The molecule has 0 saturated heterocycles. The van der Waals surface area contributed by atoms with Gasteiger partial charge in [-0.1, -0.05) is 88.0 Å². The van der Waals surface area contributed by atoms with Gasteiger partial charge in [-0.2, -0.15) is 8.42 Å². The molecule has 1 N–H and O–H groups in total. The van der Waals surface area contributed by atoms with Crippen molar-refractivity contribution in [3.8, 4) is 17.2 Å². The number of unbranched alkanes of at least 4 members (excludes halogenated alkanes) is 7. The molecule has 0 spiro atoms. The average Bonchev–Trinajstić information content (AvgIpc) is 2.65. The molecule has 0 saturated carbocycles. The smallest absolute Gasteiger partial charge is 0.870 e. The van der Waals surface area contributed by atoms with Crippen LogP contribution in [-0.4, -0.2) is 13.0 Å². The van der Waals surface area contributed by atoms with Crippen LogP contribution in [0, 0.1) is 0 Å². The zero-order valence-corrected chi connectivity index (χ0v) is 21.3. The van der Waals surface area contributed by atoms with E-state index in [9.17, 15) is 18.1 Å². The molecule has 0 aromatic heterocycles. The minimum atomic E-state index is -4.48. The molecule has 2 aromatic rings. The second-order valence-corrected chi connectivity index (χ2v) is 8.35. The molecular formula is C22H29KO5S. The first-order valence-corrected chi connectivity index (χ1v) is 11.4. The minimum Gasteiger partial charge on any atom is -0.870 e. The Labute approximate surface area is 217 Å². The third kappa shape index (κ3) is 9.08. The van der Waals surface area contributed by atoms with Gasteiger partial charge in [0.1, 0.15) is 16.4 Å². The molecule has 0 heterocycles. The Morgan fingerprint density at radius 2 is 1.45 bits per heavy atom. The molecule has 0 unspecified atom stereocenters. The van der Waals surface area contributed by atoms with Crippen LogP contribution >= 0.6 is 0 Å². The second-order valence-electron chi connectivity index (χ2n) is 6.99. The molecule has 0 amide bonds. The summed E-state index contributed by atoms with van der Waals surface area (Å²) in [6.45, 7) is 2.19. The molecule has 0 bridgehead atoms. The standard InChI is InChI=1S/C22H30O5S.K/c1-2-3-4-5-6-7-8-9-13-18-14-12-17-21(22(18)28(24,25)26)27-20-16-11-10-15-19(20)23;/h10-12,14-17,23H,2-9,13H2,1H3,(H,24,25,26);/q;+1/p-1. The zero-order chi connectivity index (χ0) is 20.4. The van der Waals surface area contributed by atoms with Gasteiger partial charge >= 0.3 is 51.4 Å². The van der Waals surface area contributed by atoms with Crippen molar-refractivity contribution < 1.29 is 74.2 Å². The van der Waals surface area contributed by atoms with E-state index in [-0.39, 0.29) is 73.5 Å². The first-order chi connectivity index (χ1) is 13.4. The number of ether oxygens (including phenoxy) is 1. The topological polar surface area (TPSA) is 86.7 Å². The molecular weight excluding hydrogens is 415 g/mol. The van der Waals surface area contributed by atoms with Crippen molar-refractivity contribution in [2.75, 3.05) is 0 Å². The Kier molecular flexibility index (Phi) is 12.7. The average molecular weight is 445 g/mol. The number of hydrogen-bond acceptors (Lipinski definition) is 4. The predicted octanol–water partition coefficient (Wildman–Crippen LogP) is 2.49. The molecule has 7 heteroatoms. The molecule has 2 rings (SSSR count).